The molecule has 1 N–H and O–H groups in total. The molecule has 1 atom stereocenters. The molecule has 1 amide bonds. The predicted octanol–water partition coefficient (Wildman–Crippen LogP) is 1.94. The molecule has 19 heavy (non-hydrogen) atoms. The maximum atomic E-state index is 12.2. The summed E-state index contributed by atoms with van der Waals surface area (Å²) >= 11 is 10.1. The van der Waals surface area contributed by atoms with Gasteiger partial charge in [0.25, 0.3) is 5.91 Å². The highest BCUT2D eigenvalue weighted by Gasteiger charge is 2.39. The number of benzene rings is 1. The molecule has 7 heteroatoms. The first-order chi connectivity index (χ1) is 8.71. The van der Waals surface area contributed by atoms with Gasteiger partial charge in [0.2, 0.25) is 0 Å². The maximum absolute atomic E-state index is 12.2. The van der Waals surface area contributed by atoms with Gasteiger partial charge in [0.1, 0.15) is 0 Å². The summed E-state index contributed by atoms with van der Waals surface area (Å²) in [5, 5.41) is 3.08. The standard InChI is InChI=1S/C12H14ClNO3S2/c1-12(4-5-19(16,17)7-12)14-11(15)9-6-8(18)2-3-10(9)13/h2-3,6,18H,4-5,7H2,1H3,(H,14,15). The van der Waals surface area contributed by atoms with Crippen LogP contribution in [0.4, 0.5) is 0 Å². The third-order valence-corrected chi connectivity index (χ3v) is 5.62. The minimum atomic E-state index is -3.06. The van der Waals surface area contributed by atoms with Crippen LogP contribution < -0.4 is 5.32 Å². The number of sulfone groups is 1. The van der Waals surface area contributed by atoms with Gasteiger partial charge in [-0.1, -0.05) is 11.6 Å². The lowest BCUT2D eigenvalue weighted by Crippen LogP contribution is -2.47. The predicted molar refractivity (Wildman–Crippen MR) is 77.8 cm³/mol. The average Bonchev–Trinajstić information content (AvgIpc) is 2.56. The van der Waals surface area contributed by atoms with Gasteiger partial charge in [-0.3, -0.25) is 4.79 Å². The Labute approximate surface area is 122 Å². The van der Waals surface area contributed by atoms with Crippen molar-refractivity contribution in [2.24, 2.45) is 0 Å². The normalized spacial score (nSPS) is 25.2. The van der Waals surface area contributed by atoms with Crippen molar-refractivity contribution in [1.29, 1.82) is 0 Å². The average molecular weight is 320 g/mol. The van der Waals surface area contributed by atoms with Gasteiger partial charge in [-0.25, -0.2) is 8.42 Å². The molecule has 0 spiro atoms. The number of halogens is 1. The van der Waals surface area contributed by atoms with Crippen LogP contribution in [-0.4, -0.2) is 31.4 Å². The molecule has 1 aromatic rings. The molecule has 0 aliphatic carbocycles. The van der Waals surface area contributed by atoms with Gasteiger partial charge in [0, 0.05) is 4.90 Å². The molecule has 1 heterocycles. The zero-order valence-electron chi connectivity index (χ0n) is 10.3. The van der Waals surface area contributed by atoms with Crippen molar-refractivity contribution >= 4 is 40.0 Å². The van der Waals surface area contributed by atoms with Crippen molar-refractivity contribution in [2.45, 2.75) is 23.8 Å². The summed E-state index contributed by atoms with van der Waals surface area (Å²) in [6.45, 7) is 1.73. The van der Waals surface area contributed by atoms with Crippen molar-refractivity contribution in [3.63, 3.8) is 0 Å². The summed E-state index contributed by atoms with van der Waals surface area (Å²) in [7, 11) is -3.06. The molecule has 1 fully saturated rings. The van der Waals surface area contributed by atoms with Gasteiger partial charge in [0.15, 0.2) is 9.84 Å². The fraction of sp³-hybridized carbons (Fsp3) is 0.417. The molecule has 0 saturated carbocycles. The fourth-order valence-corrected chi connectivity index (χ4v) is 4.64. The minimum Gasteiger partial charge on any atom is -0.346 e. The lowest BCUT2D eigenvalue weighted by Gasteiger charge is -2.24. The summed E-state index contributed by atoms with van der Waals surface area (Å²) in [6, 6.07) is 4.84. The third kappa shape index (κ3) is 3.43. The number of carbonyl (C=O) groups is 1. The molecular formula is C12H14ClNO3S2. The second-order valence-electron chi connectivity index (χ2n) is 5.02. The van der Waals surface area contributed by atoms with Gasteiger partial charge < -0.3 is 5.32 Å². The quantitative estimate of drug-likeness (QED) is 0.819. The molecule has 1 aliphatic heterocycles. The van der Waals surface area contributed by atoms with E-state index >= 15 is 0 Å². The lowest BCUT2D eigenvalue weighted by atomic mass is 10.0. The molecule has 0 bridgehead atoms. The van der Waals surface area contributed by atoms with Crippen LogP contribution in [0, 0.1) is 0 Å². The van der Waals surface area contributed by atoms with Gasteiger partial charge in [0.05, 0.1) is 27.6 Å². The molecule has 2 rings (SSSR count). The molecule has 1 aliphatic rings. The Bertz CT molecular complexity index is 630. The van der Waals surface area contributed by atoms with Crippen LogP contribution >= 0.6 is 24.2 Å². The van der Waals surface area contributed by atoms with Crippen LogP contribution in [0.25, 0.3) is 0 Å². The molecule has 104 valence electrons. The summed E-state index contributed by atoms with van der Waals surface area (Å²) in [4.78, 5) is 12.8. The Hall–Kier alpha value is -0.720. The Morgan fingerprint density at radius 1 is 1.47 bits per heavy atom. The summed E-state index contributed by atoms with van der Waals surface area (Å²) in [6.07, 6.45) is 0.416. The number of rotatable bonds is 2. The van der Waals surface area contributed by atoms with Crippen molar-refractivity contribution in [1.82, 2.24) is 5.32 Å². The molecule has 0 radical (unpaired) electrons. The number of nitrogens with one attached hydrogen (secondary N) is 1. The van der Waals surface area contributed by atoms with Crippen LogP contribution in [0.2, 0.25) is 5.02 Å². The van der Waals surface area contributed by atoms with Crippen LogP contribution in [0.5, 0.6) is 0 Å². The summed E-state index contributed by atoms with van der Waals surface area (Å²) in [5.74, 6) is -0.311. The van der Waals surface area contributed by atoms with E-state index < -0.39 is 15.4 Å². The Balaban J connectivity index is 2.20. The number of hydrogen-bond donors (Lipinski definition) is 2. The van der Waals surface area contributed by atoms with E-state index in [2.05, 4.69) is 17.9 Å². The molecule has 1 aromatic carbocycles. The summed E-state index contributed by atoms with van der Waals surface area (Å²) in [5.41, 5.74) is -0.425. The first-order valence-corrected chi connectivity index (χ1v) is 8.37. The fourth-order valence-electron chi connectivity index (χ4n) is 2.14. The van der Waals surface area contributed by atoms with Crippen molar-refractivity contribution < 1.29 is 13.2 Å². The zero-order chi connectivity index (χ0) is 14.3. The first kappa shape index (κ1) is 14.7. The Morgan fingerprint density at radius 3 is 2.74 bits per heavy atom. The van der Waals surface area contributed by atoms with Crippen LogP contribution in [0.15, 0.2) is 23.1 Å². The zero-order valence-corrected chi connectivity index (χ0v) is 12.8. The molecular weight excluding hydrogens is 306 g/mol. The molecule has 1 unspecified atom stereocenters. The number of thiol groups is 1. The van der Waals surface area contributed by atoms with Crippen LogP contribution in [-0.2, 0) is 9.84 Å². The van der Waals surface area contributed by atoms with Crippen LogP contribution in [0.1, 0.15) is 23.7 Å². The van der Waals surface area contributed by atoms with Gasteiger partial charge in [-0.15, -0.1) is 12.6 Å². The van der Waals surface area contributed by atoms with Crippen molar-refractivity contribution in [3.8, 4) is 0 Å². The largest absolute Gasteiger partial charge is 0.346 e. The lowest BCUT2D eigenvalue weighted by molar-refractivity contribution is 0.0915. The monoisotopic (exact) mass is 319 g/mol. The van der Waals surface area contributed by atoms with Crippen molar-refractivity contribution in [2.75, 3.05) is 11.5 Å². The van der Waals surface area contributed by atoms with Crippen molar-refractivity contribution in [3.05, 3.63) is 28.8 Å². The smallest absolute Gasteiger partial charge is 0.253 e. The van der Waals surface area contributed by atoms with Gasteiger partial charge >= 0.3 is 0 Å². The molecule has 1 saturated heterocycles. The Kier molecular flexibility index (Phi) is 3.86. The highest BCUT2D eigenvalue weighted by Crippen LogP contribution is 2.25. The van der Waals surface area contributed by atoms with Gasteiger partial charge in [-0.05, 0) is 31.5 Å². The van der Waals surface area contributed by atoms with E-state index in [1.807, 2.05) is 0 Å². The highest BCUT2D eigenvalue weighted by molar-refractivity contribution is 7.91. The van der Waals surface area contributed by atoms with E-state index in [-0.39, 0.29) is 17.4 Å². The number of hydrogen-bond acceptors (Lipinski definition) is 4. The first-order valence-electron chi connectivity index (χ1n) is 5.72. The minimum absolute atomic E-state index is 0.0378. The van der Waals surface area contributed by atoms with Gasteiger partial charge in [-0.2, -0.15) is 0 Å². The van der Waals surface area contributed by atoms with E-state index in [0.717, 1.165) is 0 Å². The second-order valence-corrected chi connectivity index (χ2v) is 8.13. The highest BCUT2D eigenvalue weighted by atomic mass is 35.5. The number of carbonyl (C=O) groups excluding carboxylic acids is 1. The molecule has 4 nitrogen and oxygen atoms in total. The SMILES string of the molecule is CC1(NC(=O)c2cc(S)ccc2Cl)CCS(=O)(=O)C1. The summed E-state index contributed by atoms with van der Waals surface area (Å²) < 4.78 is 23.0. The van der Waals surface area contributed by atoms with E-state index in [9.17, 15) is 13.2 Å². The van der Waals surface area contributed by atoms with E-state index in [1.54, 1.807) is 25.1 Å². The topological polar surface area (TPSA) is 63.2 Å². The van der Waals surface area contributed by atoms with Crippen LogP contribution in [0.3, 0.4) is 0 Å². The second kappa shape index (κ2) is 5.00. The molecule has 0 aromatic heterocycles. The Morgan fingerprint density at radius 2 is 2.16 bits per heavy atom. The van der Waals surface area contributed by atoms with E-state index in [0.29, 0.717) is 21.9 Å². The maximum Gasteiger partial charge on any atom is 0.253 e. The van der Waals surface area contributed by atoms with E-state index in [1.165, 1.54) is 0 Å². The number of amides is 1. The third-order valence-electron chi connectivity index (χ3n) is 3.11. The van der Waals surface area contributed by atoms with E-state index in [4.69, 9.17) is 11.6 Å².